The topological polar surface area (TPSA) is 63.3 Å². The molecule has 2 aromatic rings. The number of anilines is 1. The number of amides is 1. The van der Waals surface area contributed by atoms with Crippen LogP contribution < -0.4 is 5.32 Å². The Balaban J connectivity index is 1.46. The quantitative estimate of drug-likeness (QED) is 0.705. The minimum Gasteiger partial charge on any atom is -0.467 e. The van der Waals surface area contributed by atoms with Crippen molar-refractivity contribution in [1.29, 1.82) is 0 Å². The van der Waals surface area contributed by atoms with Crippen LogP contribution in [0.25, 0.3) is 0 Å². The van der Waals surface area contributed by atoms with Gasteiger partial charge in [0.25, 0.3) is 5.91 Å². The van der Waals surface area contributed by atoms with Gasteiger partial charge in [0, 0.05) is 25.1 Å². The molecule has 168 valence electrons. The zero-order valence-electron chi connectivity index (χ0n) is 17.9. The number of rotatable bonds is 2. The highest BCUT2D eigenvalue weighted by molar-refractivity contribution is 5.93. The Morgan fingerprint density at radius 1 is 1.29 bits per heavy atom. The van der Waals surface area contributed by atoms with Crippen molar-refractivity contribution in [3.63, 3.8) is 0 Å². The molecule has 1 saturated heterocycles. The Bertz CT molecular complexity index is 997. The first kappa shape index (κ1) is 20.5. The number of carbonyl (C=O) groups is 1. The summed E-state index contributed by atoms with van der Waals surface area (Å²) in [7, 11) is 0. The molecule has 1 aliphatic carbocycles. The van der Waals surface area contributed by atoms with E-state index >= 15 is 0 Å². The maximum absolute atomic E-state index is 13.8. The van der Waals surface area contributed by atoms with Gasteiger partial charge in [0.05, 0.1) is 12.3 Å². The van der Waals surface area contributed by atoms with Crippen molar-refractivity contribution in [3.8, 4) is 0 Å². The number of carbonyl (C=O) groups excluding carboxylic acids is 1. The third-order valence-electron chi connectivity index (χ3n) is 6.97. The van der Waals surface area contributed by atoms with E-state index in [-0.39, 0.29) is 40.7 Å². The van der Waals surface area contributed by atoms with E-state index in [0.717, 1.165) is 23.9 Å². The minimum absolute atomic E-state index is 0.0402. The molecule has 9 heteroatoms. The molecule has 0 aromatic carbocycles. The summed E-state index contributed by atoms with van der Waals surface area (Å²) >= 11 is 0. The van der Waals surface area contributed by atoms with Gasteiger partial charge in [-0.2, -0.15) is 18.3 Å². The van der Waals surface area contributed by atoms with Crippen LogP contribution >= 0.6 is 0 Å². The summed E-state index contributed by atoms with van der Waals surface area (Å²) in [6, 6.07) is 2.38. The lowest BCUT2D eigenvalue weighted by Gasteiger charge is -2.39. The van der Waals surface area contributed by atoms with Crippen LogP contribution in [0.5, 0.6) is 0 Å². The van der Waals surface area contributed by atoms with Gasteiger partial charge in [0.15, 0.2) is 11.7 Å². The number of aromatic nitrogens is 2. The molecule has 2 aliphatic heterocycles. The van der Waals surface area contributed by atoms with E-state index < -0.39 is 18.3 Å². The van der Waals surface area contributed by atoms with E-state index in [4.69, 9.17) is 4.42 Å². The molecule has 1 saturated carbocycles. The maximum Gasteiger partial charge on any atom is 0.410 e. The average molecular weight is 436 g/mol. The van der Waals surface area contributed by atoms with Gasteiger partial charge in [0.2, 0.25) is 0 Å². The Kier molecular flexibility index (Phi) is 4.31. The molecule has 6 nitrogen and oxygen atoms in total. The smallest absolute Gasteiger partial charge is 0.410 e. The van der Waals surface area contributed by atoms with E-state index in [1.54, 1.807) is 12.1 Å². The van der Waals surface area contributed by atoms with E-state index in [2.05, 4.69) is 31.2 Å². The molecule has 31 heavy (non-hydrogen) atoms. The maximum atomic E-state index is 13.8. The van der Waals surface area contributed by atoms with Crippen molar-refractivity contribution in [3.05, 3.63) is 35.9 Å². The van der Waals surface area contributed by atoms with Gasteiger partial charge in [-0.25, -0.2) is 4.68 Å². The Labute approximate surface area is 178 Å². The Morgan fingerprint density at radius 3 is 2.74 bits per heavy atom. The fourth-order valence-corrected chi connectivity index (χ4v) is 6.20. The first-order valence-electron chi connectivity index (χ1n) is 10.7. The number of nitrogens with zero attached hydrogens (tertiary/aromatic N) is 3. The molecule has 0 radical (unpaired) electrons. The van der Waals surface area contributed by atoms with Gasteiger partial charge in [-0.3, -0.25) is 4.79 Å². The van der Waals surface area contributed by atoms with Crippen LogP contribution in [0.4, 0.5) is 19.0 Å². The summed E-state index contributed by atoms with van der Waals surface area (Å²) in [5, 5.41) is 7.21. The standard InChI is InChI=1S/C22H27F3N4O2/c1-20(2)9-13-10-21(3,11-20)12-28(13)19(30)15-8-18-26-14(16-5-4-6-31-16)7-17(22(23,24)25)29(18)27-15/h4-6,8,13-14,17,26H,7,9-12H2,1-3H3/t13-,14-,17+,21+/m0/s1. The van der Waals surface area contributed by atoms with Crippen molar-refractivity contribution in [2.75, 3.05) is 11.9 Å². The molecule has 0 spiro atoms. The summed E-state index contributed by atoms with van der Waals surface area (Å²) in [6.45, 7) is 7.25. The third-order valence-corrected chi connectivity index (χ3v) is 6.97. The predicted molar refractivity (Wildman–Crippen MR) is 108 cm³/mol. The normalized spacial score (nSPS) is 31.9. The Hall–Kier alpha value is -2.45. The van der Waals surface area contributed by atoms with Gasteiger partial charge in [-0.05, 0) is 42.2 Å². The SMILES string of the molecule is CC1(C)C[C@H]2C[C@@](C)(CN2C(=O)c2cc3n(n2)[C@@H](C(F)(F)F)C[C@@H](c2ccco2)N3)C1. The van der Waals surface area contributed by atoms with Crippen molar-refractivity contribution in [1.82, 2.24) is 14.7 Å². The molecule has 4 atom stereocenters. The van der Waals surface area contributed by atoms with Crippen molar-refractivity contribution >= 4 is 11.7 Å². The van der Waals surface area contributed by atoms with E-state index in [1.807, 2.05) is 4.90 Å². The van der Waals surface area contributed by atoms with Crippen LogP contribution in [0.15, 0.2) is 28.9 Å². The summed E-state index contributed by atoms with van der Waals surface area (Å²) in [6.07, 6.45) is -0.449. The predicted octanol–water partition coefficient (Wildman–Crippen LogP) is 5.18. The highest BCUT2D eigenvalue weighted by Crippen LogP contribution is 2.53. The molecule has 2 fully saturated rings. The number of fused-ring (bicyclic) bond motifs is 3. The van der Waals surface area contributed by atoms with Crippen LogP contribution in [0, 0.1) is 10.8 Å². The number of likely N-dealkylation sites (tertiary alicyclic amines) is 1. The lowest BCUT2D eigenvalue weighted by molar-refractivity contribution is -0.174. The van der Waals surface area contributed by atoms with Gasteiger partial charge in [0.1, 0.15) is 11.6 Å². The molecular weight excluding hydrogens is 409 g/mol. The summed E-state index contributed by atoms with van der Waals surface area (Å²) in [4.78, 5) is 15.2. The van der Waals surface area contributed by atoms with Crippen LogP contribution in [0.1, 0.15) is 74.8 Å². The number of hydrogen-bond donors (Lipinski definition) is 1. The average Bonchev–Trinajstić information content (AvgIpc) is 3.35. The molecular formula is C22H27F3N4O2. The summed E-state index contributed by atoms with van der Waals surface area (Å²) in [5.74, 6) is 0.329. The van der Waals surface area contributed by atoms with E-state index in [9.17, 15) is 18.0 Å². The van der Waals surface area contributed by atoms with Crippen molar-refractivity contribution in [2.24, 2.45) is 10.8 Å². The lowest BCUT2D eigenvalue weighted by Crippen LogP contribution is -2.38. The van der Waals surface area contributed by atoms with Crippen LogP contribution in [-0.2, 0) is 0 Å². The summed E-state index contributed by atoms with van der Waals surface area (Å²) in [5.41, 5.74) is 0.239. The molecule has 1 amide bonds. The van der Waals surface area contributed by atoms with Gasteiger partial charge in [-0.15, -0.1) is 0 Å². The second-order valence-corrected chi connectivity index (χ2v) is 10.5. The molecule has 2 bridgehead atoms. The number of nitrogens with one attached hydrogen (secondary N) is 1. The monoisotopic (exact) mass is 436 g/mol. The third kappa shape index (κ3) is 3.51. The second kappa shape index (κ2) is 6.53. The zero-order chi connectivity index (χ0) is 22.2. The van der Waals surface area contributed by atoms with E-state index in [1.165, 1.54) is 12.3 Å². The van der Waals surface area contributed by atoms with Gasteiger partial charge in [-0.1, -0.05) is 20.8 Å². The fourth-order valence-electron chi connectivity index (χ4n) is 6.20. The lowest BCUT2D eigenvalue weighted by atomic mass is 9.65. The van der Waals surface area contributed by atoms with Crippen molar-refractivity contribution < 1.29 is 22.4 Å². The fraction of sp³-hybridized carbons (Fsp3) is 0.636. The zero-order valence-corrected chi connectivity index (χ0v) is 17.9. The second-order valence-electron chi connectivity index (χ2n) is 10.5. The van der Waals surface area contributed by atoms with Crippen LogP contribution in [0.3, 0.4) is 0 Å². The largest absolute Gasteiger partial charge is 0.467 e. The van der Waals surface area contributed by atoms with E-state index in [0.29, 0.717) is 12.3 Å². The highest BCUT2D eigenvalue weighted by atomic mass is 19.4. The van der Waals surface area contributed by atoms with Crippen LogP contribution in [0.2, 0.25) is 0 Å². The molecule has 0 unspecified atom stereocenters. The number of hydrogen-bond acceptors (Lipinski definition) is 4. The first-order valence-corrected chi connectivity index (χ1v) is 10.7. The van der Waals surface area contributed by atoms with Crippen molar-refractivity contribution in [2.45, 2.75) is 70.8 Å². The first-order chi connectivity index (χ1) is 14.4. The van der Waals surface area contributed by atoms with Gasteiger partial charge >= 0.3 is 6.18 Å². The van der Waals surface area contributed by atoms with Gasteiger partial charge < -0.3 is 14.6 Å². The minimum atomic E-state index is -4.49. The molecule has 1 N–H and O–H groups in total. The van der Waals surface area contributed by atoms with Crippen LogP contribution in [-0.4, -0.2) is 39.4 Å². The summed E-state index contributed by atoms with van der Waals surface area (Å²) < 4.78 is 47.8. The molecule has 4 heterocycles. The highest BCUT2D eigenvalue weighted by Gasteiger charge is 2.52. The Morgan fingerprint density at radius 2 is 2.06 bits per heavy atom. The molecule has 5 rings (SSSR count). The number of alkyl halides is 3. The number of furan rings is 1. The molecule has 2 aromatic heterocycles. The number of halogens is 3. The molecule has 3 aliphatic rings.